The molecule has 55 heavy (non-hydrogen) atoms. The fourth-order valence-electron chi connectivity index (χ4n) is 5.93. The predicted octanol–water partition coefficient (Wildman–Crippen LogP) is 11.1. The molecule has 2 heterocycles. The molecule has 276 valence electrons. The normalized spacial score (nSPS) is 12.7. The first-order valence-corrected chi connectivity index (χ1v) is 19.4. The van der Waals surface area contributed by atoms with Gasteiger partial charge in [-0.05, 0) is 121 Å². The standard InChI is InChI=1S/C28H24N2O2S.C12H10O2S.C6H7N/c1-3-7-23(8-4-1)29-17-21-15-25(11-13-27(21)31-19-29)33-26-12-14-28-22(16-26)18-30(20-32-28)24-9-5-2-6-10-24;13-9-1-5-11(6-2-9)15-12-7-3-10(14)4-8-12;7-6-4-2-1-3-5-6/h1-16H,17-20H2;1-8,13-14H;1-5H,7H2. The monoisotopic (exact) mass is 763 g/mol. The number of hydrogen-bond donors (Lipinski definition) is 3. The Balaban J connectivity index is 0.000000173. The zero-order valence-electron chi connectivity index (χ0n) is 30.1. The molecule has 0 radical (unpaired) electrons. The maximum atomic E-state index is 9.12. The maximum Gasteiger partial charge on any atom is 0.161 e. The number of phenols is 2. The number of hydrogen-bond acceptors (Lipinski definition) is 9. The van der Waals surface area contributed by atoms with Crippen LogP contribution in [0.3, 0.4) is 0 Å². The molecule has 4 N–H and O–H groups in total. The minimum atomic E-state index is 0.269. The van der Waals surface area contributed by atoms with E-state index in [9.17, 15) is 0 Å². The molecule has 0 amide bonds. The molecule has 0 bridgehead atoms. The van der Waals surface area contributed by atoms with E-state index >= 15 is 0 Å². The van der Waals surface area contributed by atoms with E-state index in [1.165, 1.54) is 32.3 Å². The lowest BCUT2D eigenvalue weighted by Gasteiger charge is -2.31. The summed E-state index contributed by atoms with van der Waals surface area (Å²) in [6.07, 6.45) is 0. The number of anilines is 3. The fourth-order valence-corrected chi connectivity index (χ4v) is 7.69. The topological polar surface area (TPSA) is 91.4 Å². The Morgan fingerprint density at radius 2 is 0.800 bits per heavy atom. The van der Waals surface area contributed by atoms with Crippen molar-refractivity contribution < 1.29 is 19.7 Å². The van der Waals surface area contributed by atoms with Crippen molar-refractivity contribution >= 4 is 40.6 Å². The van der Waals surface area contributed by atoms with Crippen molar-refractivity contribution in [2.45, 2.75) is 32.7 Å². The summed E-state index contributed by atoms with van der Waals surface area (Å²) in [4.78, 5) is 9.04. The van der Waals surface area contributed by atoms with Crippen LogP contribution in [0.2, 0.25) is 0 Å². The number of nitrogens with zero attached hydrogens (tertiary/aromatic N) is 2. The smallest absolute Gasteiger partial charge is 0.161 e. The molecule has 2 aliphatic heterocycles. The third-order valence-electron chi connectivity index (χ3n) is 8.73. The van der Waals surface area contributed by atoms with E-state index in [-0.39, 0.29) is 11.5 Å². The van der Waals surface area contributed by atoms with Crippen molar-refractivity contribution in [1.29, 1.82) is 0 Å². The summed E-state index contributed by atoms with van der Waals surface area (Å²) in [6.45, 7) is 2.84. The van der Waals surface area contributed by atoms with Crippen molar-refractivity contribution in [2.75, 3.05) is 29.0 Å². The molecule has 7 aromatic carbocycles. The van der Waals surface area contributed by atoms with Crippen LogP contribution in [0.15, 0.2) is 196 Å². The molecule has 2 aliphatic rings. The summed E-state index contributed by atoms with van der Waals surface area (Å²) in [5.74, 6) is 2.49. The van der Waals surface area contributed by atoms with Crippen LogP contribution in [0.1, 0.15) is 11.1 Å². The zero-order valence-corrected chi connectivity index (χ0v) is 31.7. The quantitative estimate of drug-likeness (QED) is 0.143. The van der Waals surface area contributed by atoms with Crippen LogP contribution < -0.4 is 25.0 Å². The van der Waals surface area contributed by atoms with E-state index < -0.39 is 0 Å². The van der Waals surface area contributed by atoms with Crippen molar-refractivity contribution in [1.82, 2.24) is 0 Å². The molecule has 0 saturated heterocycles. The number of ether oxygens (including phenoxy) is 2. The van der Waals surface area contributed by atoms with Gasteiger partial charge in [0.25, 0.3) is 0 Å². The SMILES string of the molecule is Nc1ccccc1.Oc1ccc(Sc2ccc(O)cc2)cc1.c1ccc(N2COc3ccc(Sc4ccc5c(c4)CN(c4ccccc4)CO5)cc3C2)cc1. The Labute approximate surface area is 330 Å². The van der Waals surface area contributed by atoms with Crippen molar-refractivity contribution in [3.05, 3.63) is 187 Å². The highest BCUT2D eigenvalue weighted by atomic mass is 32.2. The zero-order chi connectivity index (χ0) is 37.8. The van der Waals surface area contributed by atoms with Gasteiger partial charge in [-0.1, -0.05) is 78.1 Å². The highest BCUT2D eigenvalue weighted by molar-refractivity contribution is 7.99. The molecular weight excluding hydrogens is 723 g/mol. The highest BCUT2D eigenvalue weighted by Gasteiger charge is 2.20. The van der Waals surface area contributed by atoms with Crippen LogP contribution in [0.5, 0.6) is 23.0 Å². The Morgan fingerprint density at radius 1 is 0.436 bits per heavy atom. The van der Waals surface area contributed by atoms with Gasteiger partial charge in [0.1, 0.15) is 23.0 Å². The van der Waals surface area contributed by atoms with Gasteiger partial charge in [0.2, 0.25) is 0 Å². The van der Waals surface area contributed by atoms with Gasteiger partial charge in [0.15, 0.2) is 13.5 Å². The average Bonchev–Trinajstić information content (AvgIpc) is 3.23. The number of aromatic hydroxyl groups is 2. The van der Waals surface area contributed by atoms with Crippen molar-refractivity contribution in [2.24, 2.45) is 0 Å². The first-order chi connectivity index (χ1) is 26.9. The predicted molar refractivity (Wildman–Crippen MR) is 224 cm³/mol. The summed E-state index contributed by atoms with van der Waals surface area (Å²) in [7, 11) is 0. The van der Waals surface area contributed by atoms with Crippen LogP contribution in [-0.4, -0.2) is 23.7 Å². The minimum Gasteiger partial charge on any atom is -0.508 e. The van der Waals surface area contributed by atoms with Crippen LogP contribution >= 0.6 is 23.5 Å². The number of benzene rings is 7. The van der Waals surface area contributed by atoms with Crippen LogP contribution in [0.25, 0.3) is 0 Å². The summed E-state index contributed by atoms with van der Waals surface area (Å²) < 4.78 is 12.0. The Morgan fingerprint density at radius 3 is 1.18 bits per heavy atom. The fraction of sp³-hybridized carbons (Fsp3) is 0.0870. The number of para-hydroxylation sites is 3. The van der Waals surface area contributed by atoms with Crippen LogP contribution in [0, 0.1) is 0 Å². The second-order valence-corrected chi connectivity index (χ2v) is 15.0. The van der Waals surface area contributed by atoms with E-state index in [1.807, 2.05) is 66.7 Å². The van der Waals surface area contributed by atoms with Crippen molar-refractivity contribution in [3.8, 4) is 23.0 Å². The number of nitrogens with two attached hydrogens (primary N) is 1. The Bertz CT molecular complexity index is 2120. The lowest BCUT2D eigenvalue weighted by molar-refractivity contribution is 0.289. The molecule has 0 aromatic heterocycles. The molecule has 7 nitrogen and oxygen atoms in total. The largest absolute Gasteiger partial charge is 0.508 e. The van der Waals surface area contributed by atoms with E-state index in [0.29, 0.717) is 13.5 Å². The molecule has 7 aromatic rings. The van der Waals surface area contributed by atoms with Gasteiger partial charge in [0.05, 0.1) is 0 Å². The number of rotatable bonds is 6. The van der Waals surface area contributed by atoms with Gasteiger partial charge < -0.3 is 35.2 Å². The molecule has 0 aliphatic carbocycles. The molecule has 0 atom stereocenters. The summed E-state index contributed by atoms with van der Waals surface area (Å²) in [6, 6.07) is 57.4. The maximum absolute atomic E-state index is 9.12. The molecular formula is C46H41N3O4S2. The lowest BCUT2D eigenvalue weighted by atomic mass is 10.1. The van der Waals surface area contributed by atoms with Crippen LogP contribution in [0.4, 0.5) is 17.1 Å². The van der Waals surface area contributed by atoms with Gasteiger partial charge in [-0.3, -0.25) is 0 Å². The lowest BCUT2D eigenvalue weighted by Crippen LogP contribution is -2.31. The summed E-state index contributed by atoms with van der Waals surface area (Å²) >= 11 is 3.36. The Hall–Kier alpha value is -6.16. The summed E-state index contributed by atoms with van der Waals surface area (Å²) in [5.41, 5.74) is 11.0. The third-order valence-corrected chi connectivity index (χ3v) is 10.7. The molecule has 9 heteroatoms. The second-order valence-electron chi connectivity index (χ2n) is 12.8. The van der Waals surface area contributed by atoms with Gasteiger partial charge in [-0.2, -0.15) is 0 Å². The van der Waals surface area contributed by atoms with Gasteiger partial charge in [0, 0.05) is 60.9 Å². The molecule has 9 rings (SSSR count). The molecule has 0 saturated carbocycles. The third kappa shape index (κ3) is 10.5. The van der Waals surface area contributed by atoms with Crippen molar-refractivity contribution in [3.63, 3.8) is 0 Å². The second kappa shape index (κ2) is 18.2. The number of fused-ring (bicyclic) bond motifs is 2. The van der Waals surface area contributed by atoms with E-state index in [0.717, 1.165) is 40.1 Å². The van der Waals surface area contributed by atoms with Gasteiger partial charge in [-0.15, -0.1) is 0 Å². The van der Waals surface area contributed by atoms with Gasteiger partial charge in [-0.25, -0.2) is 0 Å². The van der Waals surface area contributed by atoms with Crippen LogP contribution in [-0.2, 0) is 13.1 Å². The van der Waals surface area contributed by atoms with E-state index in [2.05, 4.69) is 94.7 Å². The number of nitrogen functional groups attached to an aromatic ring is 1. The highest BCUT2D eigenvalue weighted by Crippen LogP contribution is 2.38. The summed E-state index contributed by atoms with van der Waals surface area (Å²) in [5, 5.41) is 18.2. The number of phenolic OH excluding ortho intramolecular Hbond substituents is 2. The van der Waals surface area contributed by atoms with E-state index in [1.54, 1.807) is 47.8 Å². The molecule has 0 fully saturated rings. The first kappa shape index (κ1) is 37.2. The van der Waals surface area contributed by atoms with E-state index in [4.69, 9.17) is 25.4 Å². The molecule has 0 unspecified atom stereocenters. The minimum absolute atomic E-state index is 0.269. The average molecular weight is 764 g/mol. The first-order valence-electron chi connectivity index (χ1n) is 17.8. The van der Waals surface area contributed by atoms with Gasteiger partial charge >= 0.3 is 0 Å². The molecule has 0 spiro atoms. The Kier molecular flexibility index (Phi) is 12.3.